The molecule has 0 unspecified atom stereocenters. The lowest BCUT2D eigenvalue weighted by Gasteiger charge is -2.11. The maximum atomic E-state index is 6.04. The summed E-state index contributed by atoms with van der Waals surface area (Å²) in [4.78, 5) is 0. The Morgan fingerprint density at radius 2 is 2.00 bits per heavy atom. The Morgan fingerprint density at radius 1 is 1.27 bits per heavy atom. The maximum Gasteiger partial charge on any atom is 0.0295 e. The van der Waals surface area contributed by atoms with Crippen LogP contribution in [0.3, 0.4) is 0 Å². The summed E-state index contributed by atoms with van der Waals surface area (Å²) >= 11 is 3.44. The Bertz CT molecular complexity index is 281. The number of halogens is 2. The van der Waals surface area contributed by atoms with Gasteiger partial charge in [-0.05, 0) is 37.1 Å². The predicted molar refractivity (Wildman–Crippen MR) is 71.2 cm³/mol. The van der Waals surface area contributed by atoms with Gasteiger partial charge in [0.15, 0.2) is 0 Å². The van der Waals surface area contributed by atoms with E-state index >= 15 is 0 Å². The van der Waals surface area contributed by atoms with Gasteiger partial charge in [-0.25, -0.2) is 0 Å². The Morgan fingerprint density at radius 3 is 2.60 bits per heavy atom. The van der Waals surface area contributed by atoms with Crippen LogP contribution in [0.1, 0.15) is 30.9 Å². The van der Waals surface area contributed by atoms with Crippen LogP contribution < -0.4 is 11.5 Å². The average Bonchev–Trinajstić information content (AvgIpc) is 2.18. The van der Waals surface area contributed by atoms with Crippen LogP contribution >= 0.6 is 28.3 Å². The van der Waals surface area contributed by atoms with Crippen molar-refractivity contribution in [2.45, 2.75) is 25.3 Å². The molecule has 0 aliphatic heterocycles. The lowest BCUT2D eigenvalue weighted by Crippen LogP contribution is -2.10. The summed E-state index contributed by atoms with van der Waals surface area (Å²) in [6, 6.07) is 8.31. The van der Waals surface area contributed by atoms with Crippen molar-refractivity contribution < 1.29 is 0 Å². The smallest absolute Gasteiger partial charge is 0.0295 e. The molecular weight excluding hydrogens is 275 g/mol. The van der Waals surface area contributed by atoms with E-state index in [-0.39, 0.29) is 18.4 Å². The van der Waals surface area contributed by atoms with E-state index in [4.69, 9.17) is 11.5 Å². The van der Waals surface area contributed by atoms with E-state index in [1.165, 1.54) is 5.56 Å². The molecule has 86 valence electrons. The molecular formula is C11H18BrClN2. The second kappa shape index (κ2) is 8.11. The van der Waals surface area contributed by atoms with Crippen molar-refractivity contribution in [1.29, 1.82) is 0 Å². The molecule has 0 aliphatic rings. The van der Waals surface area contributed by atoms with Crippen molar-refractivity contribution in [3.05, 3.63) is 34.3 Å². The van der Waals surface area contributed by atoms with Crippen molar-refractivity contribution in [2.75, 3.05) is 6.54 Å². The zero-order valence-electron chi connectivity index (χ0n) is 8.66. The fourth-order valence-corrected chi connectivity index (χ4v) is 1.83. The number of benzene rings is 1. The first kappa shape index (κ1) is 14.9. The molecule has 0 aliphatic carbocycles. The van der Waals surface area contributed by atoms with E-state index in [9.17, 15) is 0 Å². The van der Waals surface area contributed by atoms with Gasteiger partial charge in [0.1, 0.15) is 0 Å². The molecule has 0 bridgehead atoms. The third-order valence-electron chi connectivity index (χ3n) is 2.25. The molecule has 4 heteroatoms. The summed E-state index contributed by atoms with van der Waals surface area (Å²) in [7, 11) is 0. The first-order chi connectivity index (χ1) is 6.74. The van der Waals surface area contributed by atoms with Crippen LogP contribution in [0, 0.1) is 0 Å². The van der Waals surface area contributed by atoms with Crippen LogP contribution in [0.15, 0.2) is 28.7 Å². The van der Waals surface area contributed by atoms with E-state index in [1.807, 2.05) is 12.1 Å². The number of nitrogens with two attached hydrogens (primary N) is 2. The summed E-state index contributed by atoms with van der Waals surface area (Å²) in [5.41, 5.74) is 12.7. The van der Waals surface area contributed by atoms with Crippen LogP contribution in [0.5, 0.6) is 0 Å². The maximum absolute atomic E-state index is 6.04. The van der Waals surface area contributed by atoms with Crippen LogP contribution in [-0.4, -0.2) is 6.54 Å². The quantitative estimate of drug-likeness (QED) is 0.820. The van der Waals surface area contributed by atoms with Gasteiger partial charge in [0, 0.05) is 10.5 Å². The first-order valence-corrected chi connectivity index (χ1v) is 5.74. The lowest BCUT2D eigenvalue weighted by atomic mass is 10.0. The average molecular weight is 294 g/mol. The van der Waals surface area contributed by atoms with Crippen LogP contribution in [0.2, 0.25) is 0 Å². The minimum Gasteiger partial charge on any atom is -0.330 e. The van der Waals surface area contributed by atoms with E-state index in [0.717, 1.165) is 30.3 Å². The lowest BCUT2D eigenvalue weighted by molar-refractivity contribution is 0.591. The highest BCUT2D eigenvalue weighted by Crippen LogP contribution is 2.20. The standard InChI is InChI=1S/C11H17BrN2.ClH/c12-10-5-3-4-9(8-10)11(14)6-1-2-7-13;/h3-5,8,11H,1-2,6-7,13-14H2;1H/t11-;/m1./s1. The van der Waals surface area contributed by atoms with E-state index in [0.29, 0.717) is 0 Å². The summed E-state index contributed by atoms with van der Waals surface area (Å²) in [5, 5.41) is 0. The van der Waals surface area contributed by atoms with Crippen LogP contribution in [0.4, 0.5) is 0 Å². The van der Waals surface area contributed by atoms with Gasteiger partial charge < -0.3 is 11.5 Å². The van der Waals surface area contributed by atoms with Gasteiger partial charge in [0.05, 0.1) is 0 Å². The largest absolute Gasteiger partial charge is 0.330 e. The topological polar surface area (TPSA) is 52.0 Å². The molecule has 1 rings (SSSR count). The molecule has 0 saturated carbocycles. The number of unbranched alkanes of at least 4 members (excludes halogenated alkanes) is 1. The van der Waals surface area contributed by atoms with E-state index in [2.05, 4.69) is 28.1 Å². The third kappa shape index (κ3) is 5.52. The van der Waals surface area contributed by atoms with Crippen molar-refractivity contribution in [3.8, 4) is 0 Å². The van der Waals surface area contributed by atoms with Gasteiger partial charge in [0.25, 0.3) is 0 Å². The highest BCUT2D eigenvalue weighted by atomic mass is 79.9. The summed E-state index contributed by atoms with van der Waals surface area (Å²) in [6.07, 6.45) is 3.17. The van der Waals surface area contributed by atoms with Crippen molar-refractivity contribution in [3.63, 3.8) is 0 Å². The molecule has 0 amide bonds. The van der Waals surface area contributed by atoms with E-state index < -0.39 is 0 Å². The molecule has 2 nitrogen and oxygen atoms in total. The monoisotopic (exact) mass is 292 g/mol. The zero-order chi connectivity index (χ0) is 10.4. The molecule has 4 N–H and O–H groups in total. The number of hydrogen-bond donors (Lipinski definition) is 2. The molecule has 15 heavy (non-hydrogen) atoms. The highest BCUT2D eigenvalue weighted by Gasteiger charge is 2.05. The fourth-order valence-electron chi connectivity index (χ4n) is 1.41. The third-order valence-corrected chi connectivity index (χ3v) is 2.74. The molecule has 0 spiro atoms. The van der Waals surface area contributed by atoms with Gasteiger partial charge >= 0.3 is 0 Å². The Hall–Kier alpha value is -0.0900. The Kier molecular flexibility index (Phi) is 8.06. The van der Waals surface area contributed by atoms with Crippen LogP contribution in [0.25, 0.3) is 0 Å². The predicted octanol–water partition coefficient (Wildman–Crippen LogP) is 3.00. The second-order valence-corrected chi connectivity index (χ2v) is 4.36. The Labute approximate surface area is 106 Å². The van der Waals surface area contributed by atoms with Gasteiger partial charge in [0.2, 0.25) is 0 Å². The summed E-state index contributed by atoms with van der Waals surface area (Å²) < 4.78 is 1.09. The van der Waals surface area contributed by atoms with Gasteiger partial charge in [-0.15, -0.1) is 12.4 Å². The highest BCUT2D eigenvalue weighted by molar-refractivity contribution is 9.10. The zero-order valence-corrected chi connectivity index (χ0v) is 11.1. The van der Waals surface area contributed by atoms with Gasteiger partial charge in [-0.1, -0.05) is 34.5 Å². The molecule has 1 aromatic rings. The molecule has 0 heterocycles. The molecule has 0 radical (unpaired) electrons. The van der Waals surface area contributed by atoms with Crippen molar-refractivity contribution in [1.82, 2.24) is 0 Å². The second-order valence-electron chi connectivity index (χ2n) is 3.45. The van der Waals surface area contributed by atoms with Crippen molar-refractivity contribution >= 4 is 28.3 Å². The normalized spacial score (nSPS) is 11.9. The van der Waals surface area contributed by atoms with Crippen LogP contribution in [-0.2, 0) is 0 Å². The molecule has 0 saturated heterocycles. The molecule has 1 atom stereocenters. The Balaban J connectivity index is 0.00000196. The van der Waals surface area contributed by atoms with E-state index in [1.54, 1.807) is 0 Å². The minimum atomic E-state index is 0. The number of hydrogen-bond acceptors (Lipinski definition) is 2. The molecule has 1 aromatic carbocycles. The molecule has 0 aromatic heterocycles. The summed E-state index contributed by atoms with van der Waals surface area (Å²) in [6.45, 7) is 0.755. The number of rotatable bonds is 5. The summed E-state index contributed by atoms with van der Waals surface area (Å²) in [5.74, 6) is 0. The fraction of sp³-hybridized carbons (Fsp3) is 0.455. The van der Waals surface area contributed by atoms with Crippen molar-refractivity contribution in [2.24, 2.45) is 11.5 Å². The SMILES string of the molecule is Cl.NCCCC[C@@H](N)c1cccc(Br)c1. The van der Waals surface area contributed by atoms with Gasteiger partial charge in [-0.3, -0.25) is 0 Å². The minimum absolute atomic E-state index is 0. The molecule has 0 fully saturated rings. The first-order valence-electron chi connectivity index (χ1n) is 4.95. The van der Waals surface area contributed by atoms with Gasteiger partial charge in [-0.2, -0.15) is 0 Å².